The minimum Gasteiger partial charge on any atom is -0.492 e. The van der Waals surface area contributed by atoms with E-state index in [2.05, 4.69) is 4.98 Å². The van der Waals surface area contributed by atoms with Crippen molar-refractivity contribution in [3.63, 3.8) is 0 Å². The van der Waals surface area contributed by atoms with Gasteiger partial charge in [-0.1, -0.05) is 13.8 Å². The molecule has 1 aromatic rings. The Morgan fingerprint density at radius 3 is 2.56 bits per heavy atom. The molecule has 0 aliphatic heterocycles. The van der Waals surface area contributed by atoms with Crippen molar-refractivity contribution in [2.24, 2.45) is 5.92 Å². The Morgan fingerprint density at radius 1 is 1.28 bits per heavy atom. The van der Waals surface area contributed by atoms with Crippen molar-refractivity contribution in [3.8, 4) is 5.75 Å². The van der Waals surface area contributed by atoms with E-state index in [4.69, 9.17) is 9.47 Å². The van der Waals surface area contributed by atoms with Crippen LogP contribution in [0.1, 0.15) is 38.1 Å². The first-order valence-electron chi connectivity index (χ1n) is 6.33. The second-order valence-electron chi connectivity index (χ2n) is 4.33. The van der Waals surface area contributed by atoms with Gasteiger partial charge in [-0.05, 0) is 25.8 Å². The number of rotatable bonds is 7. The van der Waals surface area contributed by atoms with E-state index >= 15 is 0 Å². The summed E-state index contributed by atoms with van der Waals surface area (Å²) in [5.74, 6) is 0.705. The molecule has 1 aromatic heterocycles. The van der Waals surface area contributed by atoms with Crippen LogP contribution in [0.2, 0.25) is 0 Å². The highest BCUT2D eigenvalue weighted by Crippen LogP contribution is 2.17. The van der Waals surface area contributed by atoms with Crippen molar-refractivity contribution in [2.75, 3.05) is 13.2 Å². The van der Waals surface area contributed by atoms with E-state index in [0.717, 1.165) is 0 Å². The van der Waals surface area contributed by atoms with Crippen LogP contribution in [0.25, 0.3) is 0 Å². The molecule has 1 rings (SSSR count). The number of hydrogen-bond acceptors (Lipinski definition) is 4. The number of ether oxygens (including phenoxy) is 2. The molecule has 100 valence electrons. The van der Waals surface area contributed by atoms with E-state index in [1.54, 1.807) is 18.5 Å². The zero-order chi connectivity index (χ0) is 13.5. The van der Waals surface area contributed by atoms with Crippen LogP contribution < -0.4 is 4.74 Å². The van der Waals surface area contributed by atoms with Crippen LogP contribution in [0.15, 0.2) is 18.5 Å². The minimum atomic E-state index is -0.423. The van der Waals surface area contributed by atoms with E-state index < -0.39 is 6.10 Å². The Morgan fingerprint density at radius 2 is 2.00 bits per heavy atom. The number of carbonyl (C=O) groups excluding carboxylic acids is 1. The van der Waals surface area contributed by atoms with Gasteiger partial charge < -0.3 is 9.47 Å². The number of aromatic nitrogens is 1. The zero-order valence-corrected chi connectivity index (χ0v) is 11.5. The van der Waals surface area contributed by atoms with E-state index in [9.17, 15) is 4.79 Å². The van der Waals surface area contributed by atoms with Gasteiger partial charge in [0.2, 0.25) is 0 Å². The molecule has 0 N–H and O–H groups in total. The van der Waals surface area contributed by atoms with Crippen molar-refractivity contribution >= 4 is 5.78 Å². The van der Waals surface area contributed by atoms with Crippen molar-refractivity contribution < 1.29 is 14.3 Å². The summed E-state index contributed by atoms with van der Waals surface area (Å²) in [5.41, 5.74) is 0.535. The van der Waals surface area contributed by atoms with Gasteiger partial charge in [0, 0.05) is 18.4 Å². The molecule has 0 spiro atoms. The van der Waals surface area contributed by atoms with Gasteiger partial charge in [0.1, 0.15) is 11.9 Å². The van der Waals surface area contributed by atoms with Crippen LogP contribution >= 0.6 is 0 Å². The topological polar surface area (TPSA) is 48.4 Å². The highest BCUT2D eigenvalue weighted by Gasteiger charge is 2.24. The maximum atomic E-state index is 12.3. The molecule has 0 saturated heterocycles. The van der Waals surface area contributed by atoms with Gasteiger partial charge in [-0.15, -0.1) is 0 Å². The first kappa shape index (κ1) is 14.6. The maximum Gasteiger partial charge on any atom is 0.193 e. The first-order chi connectivity index (χ1) is 8.60. The van der Waals surface area contributed by atoms with Crippen LogP contribution in [0.3, 0.4) is 0 Å². The molecule has 0 bridgehead atoms. The Bertz CT molecular complexity index is 390. The lowest BCUT2D eigenvalue weighted by Gasteiger charge is -2.19. The molecule has 0 fully saturated rings. The molecule has 0 aromatic carbocycles. The summed E-state index contributed by atoms with van der Waals surface area (Å²) in [7, 11) is 0. The summed E-state index contributed by atoms with van der Waals surface area (Å²) < 4.78 is 10.8. The molecule has 1 atom stereocenters. The van der Waals surface area contributed by atoms with Gasteiger partial charge in [0.15, 0.2) is 5.78 Å². The van der Waals surface area contributed by atoms with E-state index in [-0.39, 0.29) is 11.7 Å². The number of carbonyl (C=O) groups is 1. The smallest absolute Gasteiger partial charge is 0.193 e. The molecule has 4 nitrogen and oxygen atoms in total. The number of ketones is 1. The standard InChI is InChI=1S/C14H21NO3/c1-5-17-12-7-11(8-15-9-12)13(16)14(10(3)4)18-6-2/h7-10,14H,5-6H2,1-4H3. The van der Waals surface area contributed by atoms with Crippen LogP contribution in [0.4, 0.5) is 0 Å². The lowest BCUT2D eigenvalue weighted by molar-refractivity contribution is 0.0279. The van der Waals surface area contributed by atoms with Gasteiger partial charge in [0.05, 0.1) is 12.8 Å². The second-order valence-corrected chi connectivity index (χ2v) is 4.33. The Hall–Kier alpha value is -1.42. The highest BCUT2D eigenvalue weighted by atomic mass is 16.5. The predicted molar refractivity (Wildman–Crippen MR) is 70.0 cm³/mol. The average molecular weight is 251 g/mol. The fraction of sp³-hybridized carbons (Fsp3) is 0.571. The lowest BCUT2D eigenvalue weighted by atomic mass is 9.98. The Kier molecular flexibility index (Phi) is 5.78. The molecule has 4 heteroatoms. The third-order valence-electron chi connectivity index (χ3n) is 2.52. The second kappa shape index (κ2) is 7.11. The van der Waals surface area contributed by atoms with E-state index in [1.807, 2.05) is 27.7 Å². The molecule has 0 amide bonds. The summed E-state index contributed by atoms with van der Waals surface area (Å²) in [6, 6.07) is 1.72. The van der Waals surface area contributed by atoms with Crippen LogP contribution in [-0.4, -0.2) is 30.1 Å². The van der Waals surface area contributed by atoms with Crippen molar-refractivity contribution in [2.45, 2.75) is 33.8 Å². The molecule has 1 heterocycles. The SMILES string of the molecule is CCOc1cncc(C(=O)C(OCC)C(C)C)c1. The molecular formula is C14H21NO3. The third-order valence-corrected chi connectivity index (χ3v) is 2.52. The lowest BCUT2D eigenvalue weighted by Crippen LogP contribution is -2.30. The molecule has 1 unspecified atom stereocenters. The van der Waals surface area contributed by atoms with Gasteiger partial charge >= 0.3 is 0 Å². The van der Waals surface area contributed by atoms with Gasteiger partial charge in [-0.2, -0.15) is 0 Å². The molecule has 0 saturated carbocycles. The number of pyridine rings is 1. The summed E-state index contributed by atoms with van der Waals surface area (Å²) in [6.45, 7) is 8.80. The zero-order valence-electron chi connectivity index (χ0n) is 11.5. The van der Waals surface area contributed by atoms with Crippen LogP contribution in [0.5, 0.6) is 5.75 Å². The van der Waals surface area contributed by atoms with Gasteiger partial charge in [-0.3, -0.25) is 9.78 Å². The van der Waals surface area contributed by atoms with Crippen molar-refractivity contribution in [3.05, 3.63) is 24.0 Å². The molecule has 0 radical (unpaired) electrons. The number of hydrogen-bond donors (Lipinski definition) is 0. The quantitative estimate of drug-likeness (QED) is 0.699. The monoisotopic (exact) mass is 251 g/mol. The van der Waals surface area contributed by atoms with Crippen LogP contribution in [0, 0.1) is 5.92 Å². The van der Waals surface area contributed by atoms with E-state index in [0.29, 0.717) is 24.5 Å². The predicted octanol–water partition coefficient (Wildman–Crippen LogP) is 2.72. The molecule has 0 aliphatic carbocycles. The number of Topliss-reactive ketones (excluding diaryl/α,β-unsaturated/α-hetero) is 1. The first-order valence-corrected chi connectivity index (χ1v) is 6.33. The maximum absolute atomic E-state index is 12.3. The van der Waals surface area contributed by atoms with Gasteiger partial charge in [-0.25, -0.2) is 0 Å². The van der Waals surface area contributed by atoms with Crippen molar-refractivity contribution in [1.29, 1.82) is 0 Å². The van der Waals surface area contributed by atoms with E-state index in [1.165, 1.54) is 0 Å². The molecule has 0 aliphatic rings. The fourth-order valence-corrected chi connectivity index (χ4v) is 1.71. The largest absolute Gasteiger partial charge is 0.492 e. The summed E-state index contributed by atoms with van der Waals surface area (Å²) in [5, 5.41) is 0. The highest BCUT2D eigenvalue weighted by molar-refractivity contribution is 5.99. The molecule has 18 heavy (non-hydrogen) atoms. The third kappa shape index (κ3) is 3.81. The Labute approximate surface area is 108 Å². The molecular weight excluding hydrogens is 230 g/mol. The normalized spacial score (nSPS) is 12.5. The summed E-state index contributed by atoms with van der Waals surface area (Å²) in [6.07, 6.45) is 2.73. The fourth-order valence-electron chi connectivity index (χ4n) is 1.71. The summed E-state index contributed by atoms with van der Waals surface area (Å²) >= 11 is 0. The van der Waals surface area contributed by atoms with Crippen molar-refractivity contribution in [1.82, 2.24) is 4.98 Å². The minimum absolute atomic E-state index is 0.0408. The number of nitrogens with zero attached hydrogens (tertiary/aromatic N) is 1. The van der Waals surface area contributed by atoms with Crippen LogP contribution in [-0.2, 0) is 4.74 Å². The Balaban J connectivity index is 2.90. The van der Waals surface area contributed by atoms with Gasteiger partial charge in [0.25, 0.3) is 0 Å². The summed E-state index contributed by atoms with van der Waals surface area (Å²) in [4.78, 5) is 16.3. The average Bonchev–Trinajstić information content (AvgIpc) is 2.35.